The quantitative estimate of drug-likeness (QED) is 0.720. The molecule has 126 valence electrons. The van der Waals surface area contributed by atoms with Crippen LogP contribution in [0.2, 0.25) is 0 Å². The summed E-state index contributed by atoms with van der Waals surface area (Å²) in [5, 5.41) is 12.5. The van der Waals surface area contributed by atoms with Crippen molar-refractivity contribution in [3.05, 3.63) is 44.9 Å². The van der Waals surface area contributed by atoms with Crippen molar-refractivity contribution >= 4 is 22.2 Å². The van der Waals surface area contributed by atoms with E-state index in [1.165, 1.54) is 0 Å². The van der Waals surface area contributed by atoms with Crippen molar-refractivity contribution < 1.29 is 9.84 Å². The number of H-pyrrole nitrogens is 1. The van der Waals surface area contributed by atoms with Crippen LogP contribution in [0.15, 0.2) is 34.4 Å². The third-order valence-corrected chi connectivity index (χ3v) is 4.44. The fourth-order valence-corrected chi connectivity index (χ4v) is 3.51. The van der Waals surface area contributed by atoms with Gasteiger partial charge in [-0.2, -0.15) is 0 Å². The zero-order chi connectivity index (χ0) is 17.1. The summed E-state index contributed by atoms with van der Waals surface area (Å²) >= 11 is 1.61. The van der Waals surface area contributed by atoms with Gasteiger partial charge in [-0.25, -0.2) is 4.98 Å². The summed E-state index contributed by atoms with van der Waals surface area (Å²) in [6.07, 6.45) is 0.932. The maximum Gasteiger partial charge on any atom is 0.190 e. The van der Waals surface area contributed by atoms with Gasteiger partial charge in [0.05, 0.1) is 28.5 Å². The minimum Gasteiger partial charge on any atom is -0.491 e. The fraction of sp³-hybridized carbons (Fsp3) is 0.333. The van der Waals surface area contributed by atoms with Gasteiger partial charge in [0.25, 0.3) is 0 Å². The van der Waals surface area contributed by atoms with Crippen molar-refractivity contribution in [2.24, 2.45) is 5.92 Å². The highest BCUT2D eigenvalue weighted by molar-refractivity contribution is 7.09. The molecule has 0 atom stereocenters. The minimum absolute atomic E-state index is 0.0496. The molecule has 0 bridgehead atoms. The van der Waals surface area contributed by atoms with Crippen molar-refractivity contribution in [1.29, 1.82) is 0 Å². The molecule has 0 aliphatic heterocycles. The second kappa shape index (κ2) is 7.15. The molecule has 3 aromatic rings. The van der Waals surface area contributed by atoms with Crippen molar-refractivity contribution in [3.8, 4) is 17.1 Å². The molecular weight excluding hydrogens is 324 g/mol. The molecule has 0 aliphatic carbocycles. The summed E-state index contributed by atoms with van der Waals surface area (Å²) in [6.45, 7) is 4.49. The fourth-order valence-electron chi connectivity index (χ4n) is 2.50. The van der Waals surface area contributed by atoms with Gasteiger partial charge in [0, 0.05) is 29.3 Å². The smallest absolute Gasteiger partial charge is 0.190 e. The zero-order valence-corrected chi connectivity index (χ0v) is 14.5. The van der Waals surface area contributed by atoms with E-state index in [1.54, 1.807) is 35.6 Å². The summed E-state index contributed by atoms with van der Waals surface area (Å²) in [5.41, 5.74) is 2.15. The van der Waals surface area contributed by atoms with Crippen LogP contribution in [0, 0.1) is 5.92 Å². The van der Waals surface area contributed by atoms with Crippen LogP contribution < -0.4 is 10.2 Å². The number of aliphatic hydroxyl groups excluding tert-OH is 1. The van der Waals surface area contributed by atoms with E-state index in [9.17, 15) is 4.79 Å². The number of aromatic amines is 1. The monoisotopic (exact) mass is 344 g/mol. The molecule has 5 nitrogen and oxygen atoms in total. The van der Waals surface area contributed by atoms with Gasteiger partial charge >= 0.3 is 0 Å². The van der Waals surface area contributed by atoms with Gasteiger partial charge in [-0.15, -0.1) is 11.3 Å². The molecule has 0 unspecified atom stereocenters. The predicted molar refractivity (Wildman–Crippen MR) is 96.8 cm³/mol. The molecule has 0 fully saturated rings. The first-order chi connectivity index (χ1) is 11.6. The molecule has 6 heteroatoms. The molecule has 0 saturated heterocycles. The normalized spacial score (nSPS) is 11.3. The Bertz CT molecular complexity index is 899. The van der Waals surface area contributed by atoms with Crippen molar-refractivity contribution in [3.63, 3.8) is 0 Å². The molecule has 2 heterocycles. The Balaban J connectivity index is 1.99. The lowest BCUT2D eigenvalue weighted by atomic mass is 10.1. The van der Waals surface area contributed by atoms with Crippen molar-refractivity contribution in [2.45, 2.75) is 20.3 Å². The number of nitrogens with one attached hydrogen (secondary N) is 1. The van der Waals surface area contributed by atoms with Gasteiger partial charge in [-0.1, -0.05) is 13.8 Å². The van der Waals surface area contributed by atoms with Crippen molar-refractivity contribution in [1.82, 2.24) is 9.97 Å². The molecule has 2 aromatic heterocycles. The number of hydrogen-bond donors (Lipinski definition) is 2. The largest absolute Gasteiger partial charge is 0.491 e. The second-order valence-corrected chi connectivity index (χ2v) is 6.99. The number of pyridine rings is 1. The lowest BCUT2D eigenvalue weighted by Crippen LogP contribution is -2.05. The topological polar surface area (TPSA) is 75.2 Å². The van der Waals surface area contributed by atoms with Crippen molar-refractivity contribution in [2.75, 3.05) is 13.2 Å². The number of nitrogens with zero attached hydrogens (tertiary/aromatic N) is 1. The number of benzene rings is 1. The number of ether oxygens (including phenoxy) is 1. The summed E-state index contributed by atoms with van der Waals surface area (Å²) in [6, 6.07) is 6.83. The van der Waals surface area contributed by atoms with Gasteiger partial charge in [0.2, 0.25) is 0 Å². The van der Waals surface area contributed by atoms with E-state index in [-0.39, 0.29) is 18.6 Å². The Hall–Kier alpha value is -2.18. The number of thiazole rings is 1. The Labute approximate surface area is 144 Å². The molecule has 0 spiro atoms. The average molecular weight is 344 g/mol. The van der Waals surface area contributed by atoms with Gasteiger partial charge in [-0.3, -0.25) is 4.79 Å². The van der Waals surface area contributed by atoms with Crippen LogP contribution in [0.25, 0.3) is 22.3 Å². The van der Waals surface area contributed by atoms with E-state index < -0.39 is 0 Å². The first-order valence-corrected chi connectivity index (χ1v) is 8.80. The van der Waals surface area contributed by atoms with Crippen LogP contribution in [0.4, 0.5) is 0 Å². The third-order valence-electron chi connectivity index (χ3n) is 3.57. The standard InChI is InChI=1S/C18H20N2O3S/c1-11(2)7-18-20-16(10-24-18)15-9-17(22)13-4-3-12(23-6-5-21)8-14(13)19-15/h3-4,8-11,21H,5-7H2,1-2H3,(H,19,22). The molecule has 1 aromatic carbocycles. The summed E-state index contributed by atoms with van der Waals surface area (Å²) in [7, 11) is 0. The van der Waals surface area contributed by atoms with E-state index in [0.717, 1.165) is 17.1 Å². The lowest BCUT2D eigenvalue weighted by Gasteiger charge is -2.07. The van der Waals surface area contributed by atoms with E-state index in [4.69, 9.17) is 9.84 Å². The summed E-state index contributed by atoms with van der Waals surface area (Å²) in [4.78, 5) is 20.3. The highest BCUT2D eigenvalue weighted by atomic mass is 32.1. The van der Waals surface area contributed by atoms with E-state index in [1.807, 2.05) is 5.38 Å². The average Bonchev–Trinajstić information content (AvgIpc) is 3.00. The Morgan fingerprint density at radius 2 is 2.17 bits per heavy atom. The highest BCUT2D eigenvalue weighted by Gasteiger charge is 2.10. The number of rotatable bonds is 6. The first-order valence-electron chi connectivity index (χ1n) is 7.92. The molecule has 24 heavy (non-hydrogen) atoms. The molecule has 0 saturated carbocycles. The second-order valence-electron chi connectivity index (χ2n) is 6.05. The first kappa shape index (κ1) is 16.7. The Morgan fingerprint density at radius 3 is 2.92 bits per heavy atom. The molecule has 2 N–H and O–H groups in total. The maximum absolute atomic E-state index is 12.4. The molecule has 3 rings (SSSR count). The molecule has 0 amide bonds. The van der Waals surface area contributed by atoms with Gasteiger partial charge in [0.1, 0.15) is 12.4 Å². The molecule has 0 aliphatic rings. The number of fused-ring (bicyclic) bond motifs is 1. The summed E-state index contributed by atoms with van der Waals surface area (Å²) < 4.78 is 5.41. The molecular formula is C18H20N2O3S. The van der Waals surface area contributed by atoms with Crippen LogP contribution in [0.1, 0.15) is 18.9 Å². The molecule has 0 radical (unpaired) electrons. The van der Waals surface area contributed by atoms with Gasteiger partial charge < -0.3 is 14.8 Å². The summed E-state index contributed by atoms with van der Waals surface area (Å²) in [5.74, 6) is 1.16. The van der Waals surface area contributed by atoms with E-state index in [2.05, 4.69) is 23.8 Å². The van der Waals surface area contributed by atoms with Crippen LogP contribution in [-0.4, -0.2) is 28.3 Å². The predicted octanol–water partition coefficient (Wildman–Crippen LogP) is 3.22. The van der Waals surface area contributed by atoms with E-state index >= 15 is 0 Å². The van der Waals surface area contributed by atoms with Crippen LogP contribution in [0.3, 0.4) is 0 Å². The number of aromatic nitrogens is 2. The van der Waals surface area contributed by atoms with Gasteiger partial charge in [0.15, 0.2) is 5.43 Å². The third kappa shape index (κ3) is 3.66. The van der Waals surface area contributed by atoms with E-state index in [0.29, 0.717) is 28.3 Å². The Kier molecular flexibility index (Phi) is 4.97. The van der Waals surface area contributed by atoms with Crippen LogP contribution >= 0.6 is 11.3 Å². The van der Waals surface area contributed by atoms with Gasteiger partial charge in [-0.05, 0) is 18.1 Å². The minimum atomic E-state index is -0.0501. The Morgan fingerprint density at radius 1 is 1.33 bits per heavy atom. The van der Waals surface area contributed by atoms with Crippen LogP contribution in [0.5, 0.6) is 5.75 Å². The zero-order valence-electron chi connectivity index (χ0n) is 13.7. The highest BCUT2D eigenvalue weighted by Crippen LogP contribution is 2.24. The maximum atomic E-state index is 12.4. The number of hydrogen-bond acceptors (Lipinski definition) is 5. The lowest BCUT2D eigenvalue weighted by molar-refractivity contribution is 0.201. The number of aliphatic hydroxyl groups is 1. The van der Waals surface area contributed by atoms with Crippen LogP contribution in [-0.2, 0) is 6.42 Å². The SMILES string of the molecule is CC(C)Cc1nc(-c2cc(=O)c3ccc(OCCO)cc3[nH]2)cs1.